The van der Waals surface area contributed by atoms with Gasteiger partial charge in [0.15, 0.2) is 17.3 Å². The van der Waals surface area contributed by atoms with Crippen molar-refractivity contribution < 1.29 is 57.9 Å². The molecule has 0 spiro atoms. The van der Waals surface area contributed by atoms with Gasteiger partial charge in [0.05, 0.1) is 108 Å². The number of carbonyl (C=O) groups excluding carboxylic acids is 7. The topological polar surface area (TPSA) is 284 Å². The molecule has 13 rings (SSSR count). The lowest BCUT2D eigenvalue weighted by Gasteiger charge is -2.35. The van der Waals surface area contributed by atoms with Gasteiger partial charge in [0.2, 0.25) is 17.7 Å². The number of benzene rings is 4. The Kier molecular flexibility index (Phi) is 25.2. The molecule has 9 aromatic rings. The molecule has 5 aromatic heterocycles. The van der Waals surface area contributed by atoms with Crippen molar-refractivity contribution in [3.8, 4) is 31.3 Å². The minimum Gasteiger partial charge on any atom is -0.391 e. The van der Waals surface area contributed by atoms with Gasteiger partial charge in [-0.1, -0.05) is 136 Å². The molecule has 9 atom stereocenters. The number of aliphatic hydroxyl groups is 3. The van der Waals surface area contributed by atoms with Gasteiger partial charge in [0.25, 0.3) is 5.91 Å². The Labute approximate surface area is 631 Å². The Morgan fingerprint density at radius 3 is 1.37 bits per heavy atom. The molecule has 24 heteroatoms. The summed E-state index contributed by atoms with van der Waals surface area (Å²) in [5, 5.41) is 39.3. The maximum atomic E-state index is 14.0. The van der Waals surface area contributed by atoms with E-state index in [0.29, 0.717) is 73.5 Å². The predicted octanol–water partition coefficient (Wildman–Crippen LogP) is 13.0. The van der Waals surface area contributed by atoms with Gasteiger partial charge >= 0.3 is 0 Å². The first kappa shape index (κ1) is 78.0. The maximum absolute atomic E-state index is 14.0. The van der Waals surface area contributed by atoms with E-state index < -0.39 is 53.8 Å². The molecule has 3 fully saturated rings. The summed E-state index contributed by atoms with van der Waals surface area (Å²) >= 11 is 4.83. The fourth-order valence-corrected chi connectivity index (χ4v) is 17.4. The van der Waals surface area contributed by atoms with Crippen molar-refractivity contribution in [2.45, 2.75) is 201 Å². The number of hydrogen-bond acceptors (Lipinski definition) is 20. The molecular formula is C82H95N9O12S3. The number of rotatable bonds is 24. The standard InChI is InChI=1S/C31H35N3O4S.C26H31N3O4S.C25H29N3O4S/c1-19(2)27(33-16-23-7-5-6-8-24(23)29(33)36)30(37)34-17-31(4,38)15-25(34)26(35)14-11-21-9-12-22(13-10-21)28-20(3)32-18-39-28;1-15(2)24(23-11-16(3)28-33-23)26(32)29-13-20(30)12-21(29)22(31)10-7-18-5-8-19(9-6-18)25-17(4)27-14-34-25;1-4-20(23-11-15(2)27-32-23)25(31)28-13-19(29)12-21(28)22(30)10-7-17-5-8-18(9-6-17)24-16(3)26-14-33-24/h5-10,12-13,18-19,25,27,38H,11,14-17H2,1-4H3;5-6,8-9,11,14-15,20-21,24,30H,7,10,12-13H2,1-4H3;5-6,8-9,11,14,19-21,29H,4,7,10,12-13H2,1-3H3/t25-,27-,31+;20-,21+,24?;19-,20?,21+/m011/s1. The number of likely N-dealkylation sites (tertiary alicyclic amines) is 3. The molecule has 21 nitrogen and oxygen atoms in total. The lowest BCUT2D eigenvalue weighted by atomic mass is 9.91. The number of aryl methyl sites for hydroxylation is 8. The molecule has 0 saturated carbocycles. The highest BCUT2D eigenvalue weighted by Crippen LogP contribution is 2.38. The van der Waals surface area contributed by atoms with Crippen LogP contribution in [-0.4, -0.2) is 163 Å². The molecule has 4 aromatic carbocycles. The number of β-amino-alcohol motifs (C(OH)–C–C–N with tert-alkyl or cyclic N) is 3. The Balaban J connectivity index is 0.000000159. The van der Waals surface area contributed by atoms with E-state index in [2.05, 4.69) is 61.7 Å². The summed E-state index contributed by atoms with van der Waals surface area (Å²) in [4.78, 5) is 116. The Hall–Kier alpha value is -9.04. The van der Waals surface area contributed by atoms with E-state index in [1.807, 2.05) is 133 Å². The SMILES string of the molecule is CCC(C(=O)N1C[C@H](O)C[C@H]1C(=O)CCc1ccc(-c2scnc2C)cc1)c1cc(C)no1.Cc1cc(C(C(=O)N2C[C@H](O)C[C@H]2C(=O)CCc2ccc(-c3scnc3C)cc2)C(C)C)on1.Cc1ncsc1-c1ccc(CCC(=O)[C@@H]2C[C@@](C)(O)CN2C(=O)[C@H](C(C)C)N2Cc3ccccc3C2=O)cc1. The minimum atomic E-state index is -1.16. The van der Waals surface area contributed by atoms with Gasteiger partial charge < -0.3 is 44.0 Å². The van der Waals surface area contributed by atoms with Crippen molar-refractivity contribution in [2.75, 3.05) is 19.6 Å². The number of amides is 4. The number of ketones is 3. The summed E-state index contributed by atoms with van der Waals surface area (Å²) in [7, 11) is 0. The van der Waals surface area contributed by atoms with Gasteiger partial charge in [0.1, 0.15) is 23.5 Å². The van der Waals surface area contributed by atoms with Crippen LogP contribution in [0.1, 0.15) is 171 Å². The number of nitrogens with zero attached hydrogens (tertiary/aromatic N) is 9. The summed E-state index contributed by atoms with van der Waals surface area (Å²) in [5.74, 6) is -1.15. The monoisotopic (exact) mass is 1490 g/mol. The number of aliphatic hydroxyl groups excluding tert-OH is 2. The Morgan fingerprint density at radius 2 is 0.981 bits per heavy atom. The normalized spacial score (nSPS) is 20.0. The molecule has 2 unspecified atom stereocenters. The van der Waals surface area contributed by atoms with Gasteiger partial charge in [-0.15, -0.1) is 34.0 Å². The fourth-order valence-electron chi connectivity index (χ4n) is 15.0. The Bertz CT molecular complexity index is 4570. The third-order valence-corrected chi connectivity index (χ3v) is 23.5. The van der Waals surface area contributed by atoms with Crippen molar-refractivity contribution in [1.29, 1.82) is 0 Å². The molecule has 3 N–H and O–H groups in total. The highest BCUT2D eigenvalue weighted by atomic mass is 32.1. The third kappa shape index (κ3) is 18.1. The smallest absolute Gasteiger partial charge is 0.255 e. The maximum Gasteiger partial charge on any atom is 0.255 e. The number of Topliss-reactive ketones (excluding diaryl/α,β-unsaturated/α-hetero) is 3. The van der Waals surface area contributed by atoms with Crippen LogP contribution in [-0.2, 0) is 54.6 Å². The average molecular weight is 1490 g/mol. The van der Waals surface area contributed by atoms with Gasteiger partial charge in [0, 0.05) is 75.9 Å². The van der Waals surface area contributed by atoms with Crippen LogP contribution in [0.25, 0.3) is 31.3 Å². The zero-order valence-electron chi connectivity index (χ0n) is 62.1. The second kappa shape index (κ2) is 34.2. The molecule has 0 radical (unpaired) electrons. The number of aromatic nitrogens is 5. The second-order valence-corrected chi connectivity index (χ2v) is 32.0. The van der Waals surface area contributed by atoms with E-state index in [1.165, 1.54) is 9.80 Å². The van der Waals surface area contributed by atoms with Crippen molar-refractivity contribution in [3.05, 3.63) is 194 Å². The molecule has 3 saturated heterocycles. The van der Waals surface area contributed by atoms with Gasteiger partial charge in [-0.05, 0) is 124 Å². The molecular weight excluding hydrogens is 1400 g/mol. The van der Waals surface area contributed by atoms with E-state index in [0.717, 1.165) is 70.7 Å². The van der Waals surface area contributed by atoms with Crippen LogP contribution in [0.5, 0.6) is 0 Å². The quantitative estimate of drug-likeness (QED) is 0.0507. The summed E-state index contributed by atoms with van der Waals surface area (Å²) in [6.45, 7) is 21.7. The largest absolute Gasteiger partial charge is 0.391 e. The van der Waals surface area contributed by atoms with Crippen LogP contribution in [0.2, 0.25) is 0 Å². The molecule has 4 amide bonds. The number of thiazole rings is 3. The average Bonchev–Trinajstić information content (AvgIpc) is 1.62. The zero-order valence-corrected chi connectivity index (χ0v) is 64.5. The molecule has 0 aliphatic carbocycles. The van der Waals surface area contributed by atoms with Crippen LogP contribution in [0.3, 0.4) is 0 Å². The number of fused-ring (bicyclic) bond motifs is 1. The lowest BCUT2D eigenvalue weighted by Crippen LogP contribution is -2.54. The first-order chi connectivity index (χ1) is 50.7. The molecule has 9 heterocycles. The first-order valence-corrected chi connectivity index (χ1v) is 39.1. The minimum absolute atomic E-state index is 0.0223. The molecule has 106 heavy (non-hydrogen) atoms. The van der Waals surface area contributed by atoms with E-state index in [4.69, 9.17) is 9.05 Å². The highest BCUT2D eigenvalue weighted by molar-refractivity contribution is 7.14. The summed E-state index contributed by atoms with van der Waals surface area (Å²) in [5.41, 5.74) is 16.8. The van der Waals surface area contributed by atoms with E-state index >= 15 is 0 Å². The summed E-state index contributed by atoms with van der Waals surface area (Å²) < 4.78 is 10.7. The molecule has 0 bridgehead atoms. The van der Waals surface area contributed by atoms with Crippen LogP contribution in [0.4, 0.5) is 0 Å². The molecule has 4 aliphatic rings. The molecule has 4 aliphatic heterocycles. The fraction of sp³-hybridized carbons (Fsp3) is 0.439. The van der Waals surface area contributed by atoms with E-state index in [-0.39, 0.29) is 98.1 Å². The first-order valence-electron chi connectivity index (χ1n) is 36.5. The van der Waals surface area contributed by atoms with Gasteiger partial charge in [-0.25, -0.2) is 15.0 Å². The van der Waals surface area contributed by atoms with Crippen LogP contribution < -0.4 is 0 Å². The third-order valence-electron chi connectivity index (χ3n) is 20.6. The van der Waals surface area contributed by atoms with Gasteiger partial charge in [-0.2, -0.15) is 0 Å². The van der Waals surface area contributed by atoms with Crippen LogP contribution in [0.15, 0.2) is 135 Å². The predicted molar refractivity (Wildman–Crippen MR) is 408 cm³/mol. The Morgan fingerprint density at radius 1 is 0.557 bits per heavy atom. The van der Waals surface area contributed by atoms with E-state index in [1.54, 1.807) is 75.9 Å². The highest BCUT2D eigenvalue weighted by Gasteiger charge is 2.50. The summed E-state index contributed by atoms with van der Waals surface area (Å²) in [6.07, 6.45) is 2.51. The van der Waals surface area contributed by atoms with Crippen molar-refractivity contribution in [1.82, 2.24) is 44.9 Å². The van der Waals surface area contributed by atoms with Crippen molar-refractivity contribution in [3.63, 3.8) is 0 Å². The van der Waals surface area contributed by atoms with Crippen molar-refractivity contribution in [2.24, 2.45) is 11.8 Å². The van der Waals surface area contributed by atoms with Crippen molar-refractivity contribution >= 4 is 75.0 Å². The van der Waals surface area contributed by atoms with Gasteiger partial charge in [-0.3, -0.25) is 33.6 Å². The lowest BCUT2D eigenvalue weighted by molar-refractivity contribution is -0.143. The van der Waals surface area contributed by atoms with E-state index in [9.17, 15) is 48.9 Å². The number of carbonyl (C=O) groups is 7. The molecule has 558 valence electrons. The number of hydrogen-bond donors (Lipinski definition) is 3. The van der Waals surface area contributed by atoms with Crippen LogP contribution in [0, 0.1) is 46.5 Å². The summed E-state index contributed by atoms with van der Waals surface area (Å²) in [6, 6.07) is 32.8. The zero-order chi connectivity index (χ0) is 75.8. The van der Waals surface area contributed by atoms with Crippen LogP contribution >= 0.6 is 34.0 Å². The second-order valence-electron chi connectivity index (χ2n) is 29.5.